The van der Waals surface area contributed by atoms with E-state index in [0.717, 1.165) is 18.7 Å². The first-order valence-corrected chi connectivity index (χ1v) is 6.76. The van der Waals surface area contributed by atoms with E-state index in [-0.39, 0.29) is 16.3 Å². The molecule has 0 bridgehead atoms. The predicted molar refractivity (Wildman–Crippen MR) is 74.8 cm³/mol. The van der Waals surface area contributed by atoms with E-state index >= 15 is 0 Å². The van der Waals surface area contributed by atoms with Gasteiger partial charge in [-0.1, -0.05) is 18.6 Å². The van der Waals surface area contributed by atoms with Crippen molar-refractivity contribution in [3.05, 3.63) is 39.9 Å². The molecule has 5 heteroatoms. The third-order valence-corrected chi connectivity index (χ3v) is 3.79. The Bertz CT molecular complexity index is 437. The van der Waals surface area contributed by atoms with Crippen LogP contribution in [0.1, 0.15) is 31.7 Å². The van der Waals surface area contributed by atoms with Crippen LogP contribution >= 0.6 is 0 Å². The van der Waals surface area contributed by atoms with Gasteiger partial charge in [0.15, 0.2) is 0 Å². The van der Waals surface area contributed by atoms with Crippen LogP contribution in [0.15, 0.2) is 24.3 Å². The van der Waals surface area contributed by atoms with Crippen LogP contribution in [0.4, 0.5) is 5.69 Å². The van der Waals surface area contributed by atoms with Crippen molar-refractivity contribution in [1.82, 2.24) is 4.90 Å². The maximum atomic E-state index is 10.6. The van der Waals surface area contributed by atoms with Gasteiger partial charge in [0.1, 0.15) is 0 Å². The minimum atomic E-state index is -0.379. The molecule has 19 heavy (non-hydrogen) atoms. The second-order valence-electron chi connectivity index (χ2n) is 5.51. The van der Waals surface area contributed by atoms with Gasteiger partial charge in [-0.05, 0) is 38.4 Å². The zero-order chi connectivity index (χ0) is 13.9. The van der Waals surface area contributed by atoms with Gasteiger partial charge in [-0.15, -0.1) is 0 Å². The zero-order valence-corrected chi connectivity index (χ0v) is 11.3. The average Bonchev–Trinajstić information content (AvgIpc) is 2.40. The maximum absolute atomic E-state index is 10.6. The third-order valence-electron chi connectivity index (χ3n) is 3.79. The van der Waals surface area contributed by atoms with Crippen LogP contribution in [0.2, 0.25) is 0 Å². The Morgan fingerprint density at radius 1 is 1.26 bits per heavy atom. The highest BCUT2D eigenvalue weighted by molar-refractivity contribution is 5.33. The van der Waals surface area contributed by atoms with Gasteiger partial charge in [-0.3, -0.25) is 15.0 Å². The molecule has 1 saturated heterocycles. The minimum absolute atomic E-state index is 0.125. The zero-order valence-electron chi connectivity index (χ0n) is 11.3. The fourth-order valence-electron chi connectivity index (χ4n) is 2.67. The topological polar surface area (TPSA) is 72.4 Å². The number of nitrogens with two attached hydrogens (primary N) is 1. The maximum Gasteiger partial charge on any atom is 0.269 e. The summed E-state index contributed by atoms with van der Waals surface area (Å²) in [5.74, 6) is 0. The van der Waals surface area contributed by atoms with Gasteiger partial charge in [-0.25, -0.2) is 0 Å². The second kappa shape index (κ2) is 5.67. The first-order chi connectivity index (χ1) is 8.99. The van der Waals surface area contributed by atoms with Crippen molar-refractivity contribution in [2.75, 3.05) is 13.1 Å². The molecular weight excluding hydrogens is 242 g/mol. The summed E-state index contributed by atoms with van der Waals surface area (Å²) in [7, 11) is 0. The molecule has 5 nitrogen and oxygen atoms in total. The van der Waals surface area contributed by atoms with Crippen LogP contribution in [0.5, 0.6) is 0 Å². The summed E-state index contributed by atoms with van der Waals surface area (Å²) >= 11 is 0. The highest BCUT2D eigenvalue weighted by atomic mass is 16.6. The molecule has 1 aromatic carbocycles. The summed E-state index contributed by atoms with van der Waals surface area (Å²) in [5.41, 5.74) is 7.20. The number of benzene rings is 1. The summed E-state index contributed by atoms with van der Waals surface area (Å²) in [6, 6.07) is 6.68. The molecule has 1 unspecified atom stereocenters. The van der Waals surface area contributed by atoms with Crippen LogP contribution in [-0.2, 0) is 6.42 Å². The molecule has 1 aliphatic heterocycles. The van der Waals surface area contributed by atoms with Crippen molar-refractivity contribution in [3.8, 4) is 0 Å². The fourth-order valence-corrected chi connectivity index (χ4v) is 2.67. The van der Waals surface area contributed by atoms with Gasteiger partial charge in [0.2, 0.25) is 0 Å². The lowest BCUT2D eigenvalue weighted by Gasteiger charge is -2.40. The highest BCUT2D eigenvalue weighted by Crippen LogP contribution is 2.22. The molecule has 104 valence electrons. The molecule has 2 rings (SSSR count). The Balaban J connectivity index is 2.04. The molecule has 1 atom stereocenters. The second-order valence-corrected chi connectivity index (χ2v) is 5.51. The standard InChI is InChI=1S/C14H21N3O2/c1-14(15,16-9-3-2-4-10-16)11-12-5-7-13(8-6-12)17(18)19/h5-8H,2-4,9-11,15H2,1H3. The van der Waals surface area contributed by atoms with Crippen molar-refractivity contribution in [2.24, 2.45) is 5.73 Å². The van der Waals surface area contributed by atoms with Crippen LogP contribution in [0.3, 0.4) is 0 Å². The fraction of sp³-hybridized carbons (Fsp3) is 0.571. The normalized spacial score (nSPS) is 19.9. The lowest BCUT2D eigenvalue weighted by atomic mass is 9.97. The smallest absolute Gasteiger partial charge is 0.269 e. The van der Waals surface area contributed by atoms with Gasteiger partial charge in [-0.2, -0.15) is 0 Å². The van der Waals surface area contributed by atoms with Crippen LogP contribution in [-0.4, -0.2) is 28.6 Å². The summed E-state index contributed by atoms with van der Waals surface area (Å²) in [6.45, 7) is 4.12. The molecule has 1 aromatic rings. The number of non-ortho nitro benzene ring substituents is 1. The highest BCUT2D eigenvalue weighted by Gasteiger charge is 2.28. The number of nitro groups is 1. The Labute approximate surface area is 113 Å². The summed E-state index contributed by atoms with van der Waals surface area (Å²) in [5, 5.41) is 10.6. The van der Waals surface area contributed by atoms with Crippen molar-refractivity contribution >= 4 is 5.69 Å². The number of hydrogen-bond donors (Lipinski definition) is 1. The number of rotatable bonds is 4. The largest absolute Gasteiger partial charge is 0.313 e. The SMILES string of the molecule is CC(N)(Cc1ccc([N+](=O)[O-])cc1)N1CCCCC1. The summed E-state index contributed by atoms with van der Waals surface area (Å²) < 4.78 is 0. The molecule has 2 N–H and O–H groups in total. The van der Waals surface area contributed by atoms with Crippen molar-refractivity contribution in [2.45, 2.75) is 38.3 Å². The molecule has 1 aliphatic rings. The lowest BCUT2D eigenvalue weighted by Crippen LogP contribution is -2.56. The van der Waals surface area contributed by atoms with Crippen LogP contribution < -0.4 is 5.73 Å². The van der Waals surface area contributed by atoms with E-state index in [2.05, 4.69) is 4.90 Å². The Kier molecular flexibility index (Phi) is 4.17. The first kappa shape index (κ1) is 14.0. The summed E-state index contributed by atoms with van der Waals surface area (Å²) in [6.07, 6.45) is 4.40. The van der Waals surface area contributed by atoms with E-state index < -0.39 is 0 Å². The quantitative estimate of drug-likeness (QED) is 0.668. The van der Waals surface area contributed by atoms with E-state index in [1.54, 1.807) is 24.3 Å². The predicted octanol–water partition coefficient (Wildman–Crippen LogP) is 2.30. The van der Waals surface area contributed by atoms with Gasteiger partial charge >= 0.3 is 0 Å². The van der Waals surface area contributed by atoms with E-state index in [9.17, 15) is 10.1 Å². The monoisotopic (exact) mass is 263 g/mol. The molecule has 0 spiro atoms. The molecule has 0 saturated carbocycles. The molecule has 0 amide bonds. The Morgan fingerprint density at radius 2 is 1.84 bits per heavy atom. The van der Waals surface area contributed by atoms with E-state index in [1.165, 1.54) is 19.3 Å². The van der Waals surface area contributed by atoms with E-state index in [4.69, 9.17) is 5.73 Å². The first-order valence-electron chi connectivity index (χ1n) is 6.76. The molecule has 1 fully saturated rings. The number of likely N-dealkylation sites (tertiary alicyclic amines) is 1. The van der Waals surface area contributed by atoms with Gasteiger partial charge in [0, 0.05) is 18.6 Å². The number of hydrogen-bond acceptors (Lipinski definition) is 4. The van der Waals surface area contributed by atoms with Crippen molar-refractivity contribution in [1.29, 1.82) is 0 Å². The Morgan fingerprint density at radius 3 is 2.37 bits per heavy atom. The van der Waals surface area contributed by atoms with Crippen molar-refractivity contribution < 1.29 is 4.92 Å². The van der Waals surface area contributed by atoms with E-state index in [0.29, 0.717) is 6.42 Å². The number of piperidine rings is 1. The summed E-state index contributed by atoms with van der Waals surface area (Å²) in [4.78, 5) is 12.6. The van der Waals surface area contributed by atoms with Gasteiger partial charge in [0.05, 0.1) is 10.6 Å². The molecule has 0 radical (unpaired) electrons. The third kappa shape index (κ3) is 3.52. The van der Waals surface area contributed by atoms with Crippen LogP contribution in [0.25, 0.3) is 0 Å². The molecular formula is C14H21N3O2. The number of nitrogens with zero attached hydrogens (tertiary/aromatic N) is 2. The minimum Gasteiger partial charge on any atom is -0.313 e. The van der Waals surface area contributed by atoms with E-state index in [1.807, 2.05) is 6.92 Å². The van der Waals surface area contributed by atoms with Gasteiger partial charge < -0.3 is 5.73 Å². The van der Waals surface area contributed by atoms with Crippen LogP contribution in [0, 0.1) is 10.1 Å². The average molecular weight is 263 g/mol. The number of nitro benzene ring substituents is 1. The molecule has 0 aliphatic carbocycles. The molecule has 1 heterocycles. The van der Waals surface area contributed by atoms with Crippen molar-refractivity contribution in [3.63, 3.8) is 0 Å². The Hall–Kier alpha value is -1.46. The van der Waals surface area contributed by atoms with Gasteiger partial charge in [0.25, 0.3) is 5.69 Å². The lowest BCUT2D eigenvalue weighted by molar-refractivity contribution is -0.384. The molecule has 0 aromatic heterocycles.